The van der Waals surface area contributed by atoms with Gasteiger partial charge in [0.05, 0.1) is 4.90 Å². The van der Waals surface area contributed by atoms with Gasteiger partial charge in [-0.25, -0.2) is 8.42 Å². The fourth-order valence-electron chi connectivity index (χ4n) is 3.06. The van der Waals surface area contributed by atoms with Gasteiger partial charge < -0.3 is 9.47 Å². The van der Waals surface area contributed by atoms with E-state index in [2.05, 4.69) is 26.0 Å². The van der Waals surface area contributed by atoms with E-state index in [-0.39, 0.29) is 6.79 Å². The van der Waals surface area contributed by atoms with Gasteiger partial charge in [-0.1, -0.05) is 26.0 Å². The van der Waals surface area contributed by atoms with Crippen molar-refractivity contribution in [1.82, 2.24) is 0 Å². The molecule has 0 unspecified atom stereocenters. The molecule has 0 heterocycles. The van der Waals surface area contributed by atoms with E-state index in [9.17, 15) is 8.42 Å². The van der Waals surface area contributed by atoms with E-state index < -0.39 is 9.84 Å². The Balaban J connectivity index is 2.38. The number of benzene rings is 2. The molecule has 0 saturated carbocycles. The summed E-state index contributed by atoms with van der Waals surface area (Å²) in [6, 6.07) is 9.73. The number of sulfone groups is 1. The molecule has 0 amide bonds. The smallest absolute Gasteiger partial charge is 0.188 e. The molecule has 4 nitrogen and oxygen atoms in total. The highest BCUT2D eigenvalue weighted by molar-refractivity contribution is 7.90. The average molecular weight is 377 g/mol. The molecule has 0 saturated heterocycles. The van der Waals surface area contributed by atoms with E-state index in [1.807, 2.05) is 19.9 Å². The van der Waals surface area contributed by atoms with Crippen LogP contribution in [-0.4, -0.2) is 28.6 Å². The van der Waals surface area contributed by atoms with E-state index in [0.717, 1.165) is 34.4 Å². The molecule has 0 aliphatic heterocycles. The number of ether oxygens (including phenoxy) is 2. The lowest BCUT2D eigenvalue weighted by Gasteiger charge is -2.17. The Morgan fingerprint density at radius 1 is 1.04 bits per heavy atom. The van der Waals surface area contributed by atoms with Crippen LogP contribution in [0.15, 0.2) is 35.2 Å². The summed E-state index contributed by atoms with van der Waals surface area (Å²) in [6.07, 6.45) is 2.00. The molecule has 2 aromatic carbocycles. The number of methoxy groups -OCH3 is 1. The summed E-state index contributed by atoms with van der Waals surface area (Å²) in [7, 11) is -1.59. The highest BCUT2D eigenvalue weighted by Gasteiger charge is 2.14. The highest BCUT2D eigenvalue weighted by atomic mass is 32.2. The zero-order chi connectivity index (χ0) is 19.5. The standard InChI is InChI=1S/C21H28O4S/c1-14(2)19-11-17(7-8-21(19)25-13-24-5)12-20-15(3)9-18(10-16(20)4)26(6,22)23/h7-11,14H,12-13H2,1-6H3. The molecule has 0 atom stereocenters. The zero-order valence-electron chi connectivity index (χ0n) is 16.4. The third-order valence-corrected chi connectivity index (χ3v) is 5.60. The first kappa shape index (κ1) is 20.5. The van der Waals surface area contributed by atoms with Gasteiger partial charge in [0.25, 0.3) is 0 Å². The normalized spacial score (nSPS) is 11.8. The monoisotopic (exact) mass is 376 g/mol. The molecule has 26 heavy (non-hydrogen) atoms. The Kier molecular flexibility index (Phi) is 6.48. The van der Waals surface area contributed by atoms with Crippen LogP contribution in [0.3, 0.4) is 0 Å². The van der Waals surface area contributed by atoms with E-state index in [0.29, 0.717) is 10.8 Å². The van der Waals surface area contributed by atoms with Crippen LogP contribution in [0.4, 0.5) is 0 Å². The van der Waals surface area contributed by atoms with Crippen LogP contribution < -0.4 is 4.74 Å². The van der Waals surface area contributed by atoms with Crippen LogP contribution in [0.2, 0.25) is 0 Å². The maximum absolute atomic E-state index is 11.8. The predicted molar refractivity (Wildman–Crippen MR) is 105 cm³/mol. The third kappa shape index (κ3) is 4.86. The fourth-order valence-corrected chi connectivity index (χ4v) is 3.85. The second-order valence-electron chi connectivity index (χ2n) is 7.06. The summed E-state index contributed by atoms with van der Waals surface area (Å²) in [5, 5.41) is 0. The third-order valence-electron chi connectivity index (χ3n) is 4.51. The molecule has 0 aliphatic carbocycles. The van der Waals surface area contributed by atoms with E-state index >= 15 is 0 Å². The SMILES string of the molecule is COCOc1ccc(Cc2c(C)cc(S(C)(=O)=O)cc2C)cc1C(C)C. The highest BCUT2D eigenvalue weighted by Crippen LogP contribution is 2.30. The van der Waals surface area contributed by atoms with Crippen molar-refractivity contribution in [1.29, 1.82) is 0 Å². The van der Waals surface area contributed by atoms with Gasteiger partial charge in [-0.3, -0.25) is 0 Å². The number of rotatable bonds is 7. The number of hydrogen-bond acceptors (Lipinski definition) is 4. The number of aryl methyl sites for hydroxylation is 2. The Labute approximate surface area is 157 Å². The van der Waals surface area contributed by atoms with E-state index in [1.165, 1.54) is 11.8 Å². The van der Waals surface area contributed by atoms with Crippen molar-refractivity contribution in [2.45, 2.75) is 44.9 Å². The Hall–Kier alpha value is -1.85. The van der Waals surface area contributed by atoms with Crippen molar-refractivity contribution in [3.8, 4) is 5.75 Å². The van der Waals surface area contributed by atoms with Gasteiger partial charge in [-0.2, -0.15) is 0 Å². The topological polar surface area (TPSA) is 52.6 Å². The molecule has 0 N–H and O–H groups in total. The fraction of sp³-hybridized carbons (Fsp3) is 0.429. The molecule has 0 bridgehead atoms. The second-order valence-corrected chi connectivity index (χ2v) is 9.08. The van der Waals surface area contributed by atoms with Gasteiger partial charge in [0.2, 0.25) is 0 Å². The maximum Gasteiger partial charge on any atom is 0.188 e. The molecular weight excluding hydrogens is 348 g/mol. The summed E-state index contributed by atoms with van der Waals surface area (Å²) in [5.74, 6) is 1.17. The van der Waals surface area contributed by atoms with Crippen molar-refractivity contribution < 1.29 is 17.9 Å². The Morgan fingerprint density at radius 3 is 2.15 bits per heavy atom. The maximum atomic E-state index is 11.8. The zero-order valence-corrected chi connectivity index (χ0v) is 17.2. The van der Waals surface area contributed by atoms with Gasteiger partial charge in [0, 0.05) is 13.4 Å². The molecule has 0 fully saturated rings. The van der Waals surface area contributed by atoms with Crippen LogP contribution >= 0.6 is 0 Å². The van der Waals surface area contributed by atoms with Gasteiger partial charge >= 0.3 is 0 Å². The lowest BCUT2D eigenvalue weighted by atomic mass is 9.93. The quantitative estimate of drug-likeness (QED) is 0.672. The summed E-state index contributed by atoms with van der Waals surface area (Å²) in [6.45, 7) is 8.43. The average Bonchev–Trinajstić information content (AvgIpc) is 2.55. The van der Waals surface area contributed by atoms with Crippen LogP contribution in [-0.2, 0) is 21.0 Å². The van der Waals surface area contributed by atoms with Crippen LogP contribution in [0, 0.1) is 13.8 Å². The Morgan fingerprint density at radius 2 is 1.65 bits per heavy atom. The molecular formula is C21H28O4S. The summed E-state index contributed by atoms with van der Waals surface area (Å²) in [5.41, 5.74) is 5.48. The Bertz CT molecular complexity index is 860. The predicted octanol–water partition coefficient (Wildman–Crippen LogP) is 4.40. The van der Waals surface area contributed by atoms with Crippen molar-refractivity contribution >= 4 is 9.84 Å². The minimum atomic E-state index is -3.20. The van der Waals surface area contributed by atoms with Crippen molar-refractivity contribution in [2.24, 2.45) is 0 Å². The summed E-state index contributed by atoms with van der Waals surface area (Å²) < 4.78 is 34.3. The van der Waals surface area contributed by atoms with Gasteiger partial charge in [-0.05, 0) is 72.2 Å². The van der Waals surface area contributed by atoms with Crippen molar-refractivity contribution in [2.75, 3.05) is 20.2 Å². The first-order chi connectivity index (χ1) is 12.1. The van der Waals surface area contributed by atoms with E-state index in [4.69, 9.17) is 9.47 Å². The van der Waals surface area contributed by atoms with Crippen molar-refractivity contribution in [3.63, 3.8) is 0 Å². The number of hydrogen-bond donors (Lipinski definition) is 0. The first-order valence-corrected chi connectivity index (χ1v) is 10.6. The molecule has 0 radical (unpaired) electrons. The van der Waals surface area contributed by atoms with Gasteiger partial charge in [-0.15, -0.1) is 0 Å². The molecule has 0 aromatic heterocycles. The minimum Gasteiger partial charge on any atom is -0.467 e. The van der Waals surface area contributed by atoms with Crippen LogP contribution in [0.25, 0.3) is 0 Å². The molecule has 0 aliphatic rings. The molecule has 2 aromatic rings. The lowest BCUT2D eigenvalue weighted by Crippen LogP contribution is -2.05. The summed E-state index contributed by atoms with van der Waals surface area (Å²) in [4.78, 5) is 0.377. The van der Waals surface area contributed by atoms with Crippen LogP contribution in [0.1, 0.15) is 47.6 Å². The minimum absolute atomic E-state index is 0.226. The largest absolute Gasteiger partial charge is 0.467 e. The first-order valence-electron chi connectivity index (χ1n) is 8.68. The van der Waals surface area contributed by atoms with Gasteiger partial charge in [0.15, 0.2) is 16.6 Å². The van der Waals surface area contributed by atoms with Gasteiger partial charge in [0.1, 0.15) is 5.75 Å². The summed E-state index contributed by atoms with van der Waals surface area (Å²) >= 11 is 0. The lowest BCUT2D eigenvalue weighted by molar-refractivity contribution is 0.0502. The molecule has 0 spiro atoms. The van der Waals surface area contributed by atoms with E-state index in [1.54, 1.807) is 19.2 Å². The van der Waals surface area contributed by atoms with Crippen molar-refractivity contribution in [3.05, 3.63) is 58.1 Å². The molecule has 5 heteroatoms. The molecule has 2 rings (SSSR count). The van der Waals surface area contributed by atoms with Crippen LogP contribution in [0.5, 0.6) is 5.75 Å². The molecule has 142 valence electrons. The second kappa shape index (κ2) is 8.23.